The number of hydrogen-bond acceptors (Lipinski definition) is 8. The summed E-state index contributed by atoms with van der Waals surface area (Å²) < 4.78 is 0. The lowest BCUT2D eigenvalue weighted by atomic mass is 10.0. The van der Waals surface area contributed by atoms with Crippen molar-refractivity contribution < 1.29 is 40.2 Å². The monoisotopic (exact) mass is 294 g/mol. The molecule has 10 heteroatoms. The van der Waals surface area contributed by atoms with Crippen LogP contribution >= 0.6 is 0 Å². The summed E-state index contributed by atoms with van der Waals surface area (Å²) in [5.74, 6) is -2.38. The fourth-order valence-electron chi connectivity index (χ4n) is 1.21. The first-order valence-electron chi connectivity index (χ1n) is 5.58. The molecule has 0 saturated heterocycles. The van der Waals surface area contributed by atoms with Crippen LogP contribution in [-0.2, 0) is 9.59 Å². The van der Waals surface area contributed by atoms with Gasteiger partial charge in [0.1, 0.15) is 24.4 Å². The second-order valence-electron chi connectivity index (χ2n) is 4.04. The number of carboxylic acid groups (broad SMARTS) is 1. The molecule has 0 aromatic heterocycles. The highest BCUT2D eigenvalue weighted by atomic mass is 16.4. The SMILES string of the molecule is NC(=O)C[C@H](/N=C/C(O)C(O)C(O)C(O)CO)C(=O)O. The van der Waals surface area contributed by atoms with E-state index in [1.165, 1.54) is 0 Å². The van der Waals surface area contributed by atoms with Gasteiger partial charge in [-0.25, -0.2) is 4.79 Å². The van der Waals surface area contributed by atoms with E-state index in [-0.39, 0.29) is 0 Å². The molecule has 5 atom stereocenters. The van der Waals surface area contributed by atoms with Crippen molar-refractivity contribution in [2.24, 2.45) is 10.7 Å². The van der Waals surface area contributed by atoms with Crippen LogP contribution in [0.25, 0.3) is 0 Å². The largest absolute Gasteiger partial charge is 0.480 e. The molecule has 4 unspecified atom stereocenters. The topological polar surface area (TPSA) is 194 Å². The lowest BCUT2D eigenvalue weighted by Crippen LogP contribution is -2.46. The molecule has 116 valence electrons. The van der Waals surface area contributed by atoms with Crippen molar-refractivity contribution in [3.8, 4) is 0 Å². The van der Waals surface area contributed by atoms with E-state index in [0.717, 1.165) is 0 Å². The van der Waals surface area contributed by atoms with E-state index in [0.29, 0.717) is 6.21 Å². The molecule has 0 fully saturated rings. The maximum Gasteiger partial charge on any atom is 0.328 e. The van der Waals surface area contributed by atoms with Gasteiger partial charge in [0, 0.05) is 6.21 Å². The summed E-state index contributed by atoms with van der Waals surface area (Å²) in [4.78, 5) is 24.7. The number of amides is 1. The Morgan fingerprint density at radius 3 is 2.10 bits per heavy atom. The predicted octanol–water partition coefficient (Wildman–Crippen LogP) is -4.18. The smallest absolute Gasteiger partial charge is 0.328 e. The molecule has 0 aliphatic carbocycles. The fraction of sp³-hybridized carbons (Fsp3) is 0.700. The molecule has 0 spiro atoms. The van der Waals surface area contributed by atoms with Crippen molar-refractivity contribution in [3.05, 3.63) is 0 Å². The van der Waals surface area contributed by atoms with Crippen LogP contribution in [-0.4, -0.2) is 85.8 Å². The summed E-state index contributed by atoms with van der Waals surface area (Å²) >= 11 is 0. The van der Waals surface area contributed by atoms with Crippen LogP contribution in [0.2, 0.25) is 0 Å². The number of aliphatic hydroxyl groups is 5. The Bertz CT molecular complexity index is 361. The molecule has 0 aliphatic rings. The normalized spacial score (nSPS) is 19.2. The summed E-state index contributed by atoms with van der Waals surface area (Å²) in [7, 11) is 0. The highest BCUT2D eigenvalue weighted by Gasteiger charge is 2.29. The van der Waals surface area contributed by atoms with Gasteiger partial charge in [-0.05, 0) is 0 Å². The first-order chi connectivity index (χ1) is 9.20. The molecular formula is C10H18N2O8. The maximum absolute atomic E-state index is 10.7. The number of carbonyl (C=O) groups excluding carboxylic acids is 1. The van der Waals surface area contributed by atoms with Gasteiger partial charge in [0.05, 0.1) is 13.0 Å². The van der Waals surface area contributed by atoms with Gasteiger partial charge in [-0.3, -0.25) is 9.79 Å². The lowest BCUT2D eigenvalue weighted by molar-refractivity contribution is -0.140. The molecule has 20 heavy (non-hydrogen) atoms. The number of carbonyl (C=O) groups is 2. The van der Waals surface area contributed by atoms with Gasteiger partial charge in [-0.15, -0.1) is 0 Å². The highest BCUT2D eigenvalue weighted by Crippen LogP contribution is 2.05. The molecule has 10 nitrogen and oxygen atoms in total. The van der Waals surface area contributed by atoms with Crippen molar-refractivity contribution in [1.82, 2.24) is 0 Å². The van der Waals surface area contributed by atoms with Gasteiger partial charge in [0.25, 0.3) is 0 Å². The van der Waals surface area contributed by atoms with E-state index in [1.807, 2.05) is 0 Å². The lowest BCUT2D eigenvalue weighted by Gasteiger charge is -2.23. The summed E-state index contributed by atoms with van der Waals surface area (Å²) in [5, 5.41) is 54.5. The van der Waals surface area contributed by atoms with E-state index in [2.05, 4.69) is 4.99 Å². The zero-order chi connectivity index (χ0) is 15.9. The number of hydrogen-bond donors (Lipinski definition) is 7. The molecule has 0 rings (SSSR count). The zero-order valence-electron chi connectivity index (χ0n) is 10.4. The maximum atomic E-state index is 10.7. The number of aliphatic carboxylic acids is 1. The van der Waals surface area contributed by atoms with Crippen molar-refractivity contribution in [2.75, 3.05) is 6.61 Å². The van der Waals surface area contributed by atoms with Gasteiger partial charge in [-0.1, -0.05) is 0 Å². The van der Waals surface area contributed by atoms with Crippen molar-refractivity contribution in [1.29, 1.82) is 0 Å². The standard InChI is InChI=1S/C10H18N2O8/c11-7(16)1-4(10(19)20)12-2-5(14)8(17)9(18)6(15)3-13/h2,4-6,8-9,13-15,17-18H,1,3H2,(H2,11,16)(H,19,20)/b12-2+/t4-,5?,6?,8?,9?/m0/s1. The third kappa shape index (κ3) is 6.04. The molecular weight excluding hydrogens is 276 g/mol. The predicted molar refractivity (Wildman–Crippen MR) is 64.8 cm³/mol. The Morgan fingerprint density at radius 1 is 1.15 bits per heavy atom. The Morgan fingerprint density at radius 2 is 1.70 bits per heavy atom. The minimum absolute atomic E-state index is 0.601. The van der Waals surface area contributed by atoms with Gasteiger partial charge >= 0.3 is 5.97 Å². The number of aliphatic hydroxyl groups excluding tert-OH is 5. The fourth-order valence-corrected chi connectivity index (χ4v) is 1.21. The summed E-state index contributed by atoms with van der Waals surface area (Å²) in [6.45, 7) is -0.846. The average Bonchev–Trinajstić information content (AvgIpc) is 2.39. The number of nitrogens with zero attached hydrogens (tertiary/aromatic N) is 1. The molecule has 0 heterocycles. The summed E-state index contributed by atoms with van der Waals surface area (Å²) in [5.41, 5.74) is 4.81. The van der Waals surface area contributed by atoms with E-state index < -0.39 is 55.4 Å². The second kappa shape index (κ2) is 8.55. The second-order valence-corrected chi connectivity index (χ2v) is 4.04. The molecule has 0 bridgehead atoms. The zero-order valence-corrected chi connectivity index (χ0v) is 10.4. The number of aliphatic imine (C=N–C) groups is 1. The van der Waals surface area contributed by atoms with Crippen molar-refractivity contribution in [2.45, 2.75) is 36.9 Å². The minimum atomic E-state index is -1.90. The number of rotatable bonds is 9. The first kappa shape index (κ1) is 18.4. The van der Waals surface area contributed by atoms with Gasteiger partial charge in [0.2, 0.25) is 5.91 Å². The molecule has 1 amide bonds. The Balaban J connectivity index is 4.69. The third-order valence-corrected chi connectivity index (χ3v) is 2.38. The molecule has 0 aromatic rings. The van der Waals surface area contributed by atoms with Crippen LogP contribution in [0.3, 0.4) is 0 Å². The van der Waals surface area contributed by atoms with E-state index in [9.17, 15) is 24.9 Å². The van der Waals surface area contributed by atoms with Crippen LogP contribution in [0.4, 0.5) is 0 Å². The minimum Gasteiger partial charge on any atom is -0.480 e. The van der Waals surface area contributed by atoms with Crippen molar-refractivity contribution in [3.63, 3.8) is 0 Å². The van der Waals surface area contributed by atoms with Crippen LogP contribution in [0.15, 0.2) is 4.99 Å². The molecule has 0 aromatic carbocycles. The number of primary amides is 1. The van der Waals surface area contributed by atoms with E-state index in [1.54, 1.807) is 0 Å². The molecule has 0 aliphatic heterocycles. The number of carboxylic acids is 1. The Labute approximate surface area is 113 Å². The van der Waals surface area contributed by atoms with E-state index >= 15 is 0 Å². The van der Waals surface area contributed by atoms with Crippen LogP contribution < -0.4 is 5.73 Å². The third-order valence-electron chi connectivity index (χ3n) is 2.38. The average molecular weight is 294 g/mol. The van der Waals surface area contributed by atoms with E-state index in [4.69, 9.17) is 21.1 Å². The Hall–Kier alpha value is -1.59. The molecule has 8 N–H and O–H groups in total. The van der Waals surface area contributed by atoms with Crippen LogP contribution in [0.1, 0.15) is 6.42 Å². The molecule has 0 saturated carbocycles. The number of nitrogens with two attached hydrogens (primary N) is 1. The summed E-state index contributed by atoms with van der Waals surface area (Å²) in [6.07, 6.45) is -7.24. The highest BCUT2D eigenvalue weighted by molar-refractivity contribution is 5.84. The van der Waals surface area contributed by atoms with Gasteiger partial charge in [0.15, 0.2) is 6.04 Å². The first-order valence-corrected chi connectivity index (χ1v) is 5.58. The van der Waals surface area contributed by atoms with Gasteiger partial charge < -0.3 is 36.4 Å². The Kier molecular flexibility index (Phi) is 7.87. The van der Waals surface area contributed by atoms with Crippen LogP contribution in [0, 0.1) is 0 Å². The van der Waals surface area contributed by atoms with Crippen LogP contribution in [0.5, 0.6) is 0 Å². The van der Waals surface area contributed by atoms with Crippen molar-refractivity contribution >= 4 is 18.1 Å². The molecule has 0 radical (unpaired) electrons. The quantitative estimate of drug-likeness (QED) is 0.208. The van der Waals surface area contributed by atoms with Gasteiger partial charge in [-0.2, -0.15) is 0 Å². The summed E-state index contributed by atoms with van der Waals surface area (Å²) in [6, 6.07) is -1.53.